The van der Waals surface area contributed by atoms with Crippen molar-refractivity contribution in [2.45, 2.75) is 20.8 Å². The lowest BCUT2D eigenvalue weighted by molar-refractivity contribution is 0.0526. The van der Waals surface area contributed by atoms with Crippen molar-refractivity contribution in [3.63, 3.8) is 0 Å². The number of hydrogen-bond acceptors (Lipinski definition) is 4. The lowest BCUT2D eigenvalue weighted by Gasteiger charge is -2.16. The second-order valence-corrected chi connectivity index (χ2v) is 8.16. The number of carboxylic acid groups (broad SMARTS) is 1. The van der Waals surface area contributed by atoms with E-state index in [1.54, 1.807) is 38.3 Å². The zero-order valence-corrected chi connectivity index (χ0v) is 20.2. The Labute approximate surface area is 204 Å². The maximum atomic E-state index is 13.3. The van der Waals surface area contributed by atoms with Gasteiger partial charge in [-0.1, -0.05) is 54.1 Å². The van der Waals surface area contributed by atoms with Gasteiger partial charge in [0.05, 0.1) is 36.2 Å². The van der Waals surface area contributed by atoms with Crippen LogP contribution in [0, 0.1) is 13.8 Å². The number of carboxylic acids is 1. The Hall–Kier alpha value is -4.32. The van der Waals surface area contributed by atoms with Gasteiger partial charge in [0.25, 0.3) is 0 Å². The van der Waals surface area contributed by atoms with Gasteiger partial charge in [-0.2, -0.15) is 0 Å². The Morgan fingerprint density at radius 1 is 0.886 bits per heavy atom. The van der Waals surface area contributed by atoms with Crippen LogP contribution in [0.25, 0.3) is 28.1 Å². The van der Waals surface area contributed by atoms with Gasteiger partial charge < -0.3 is 19.1 Å². The summed E-state index contributed by atoms with van der Waals surface area (Å²) >= 11 is 0. The Morgan fingerprint density at radius 2 is 1.51 bits per heavy atom. The zero-order chi connectivity index (χ0) is 25.1. The summed E-state index contributed by atoms with van der Waals surface area (Å²) in [6, 6.07) is 22.2. The number of benzene rings is 3. The fourth-order valence-electron chi connectivity index (χ4n) is 4.32. The van der Waals surface area contributed by atoms with Crippen LogP contribution in [0.1, 0.15) is 38.9 Å². The molecule has 3 aromatic carbocycles. The van der Waals surface area contributed by atoms with Crippen LogP contribution < -0.4 is 4.74 Å². The van der Waals surface area contributed by atoms with Gasteiger partial charge in [0.2, 0.25) is 0 Å². The average molecular weight is 470 g/mol. The van der Waals surface area contributed by atoms with Crippen molar-refractivity contribution in [3.8, 4) is 33.8 Å². The highest BCUT2D eigenvalue weighted by Gasteiger charge is 2.30. The molecule has 1 N–H and O–H groups in total. The molecule has 1 heterocycles. The van der Waals surface area contributed by atoms with Gasteiger partial charge in [0.15, 0.2) is 0 Å². The summed E-state index contributed by atoms with van der Waals surface area (Å²) in [6.45, 7) is 5.80. The second kappa shape index (κ2) is 9.89. The first-order valence-electron chi connectivity index (χ1n) is 11.3. The Morgan fingerprint density at radius 3 is 2.11 bits per heavy atom. The minimum absolute atomic E-state index is 0.135. The molecular weight excluding hydrogens is 442 g/mol. The monoisotopic (exact) mass is 469 g/mol. The molecule has 1 aromatic heterocycles. The largest absolute Gasteiger partial charge is 0.497 e. The summed E-state index contributed by atoms with van der Waals surface area (Å²) in [5.41, 5.74) is 5.71. The topological polar surface area (TPSA) is 77.8 Å². The lowest BCUT2D eigenvalue weighted by atomic mass is 9.96. The minimum Gasteiger partial charge on any atom is -0.497 e. The maximum Gasteiger partial charge on any atom is 0.340 e. The first-order valence-corrected chi connectivity index (χ1v) is 11.3. The molecule has 0 fully saturated rings. The van der Waals surface area contributed by atoms with E-state index in [4.69, 9.17) is 9.47 Å². The third kappa shape index (κ3) is 4.43. The molecule has 0 unspecified atom stereocenters. The lowest BCUT2D eigenvalue weighted by Crippen LogP contribution is -2.10. The molecule has 0 bridgehead atoms. The number of aromatic carboxylic acids is 1. The van der Waals surface area contributed by atoms with Crippen molar-refractivity contribution in [2.24, 2.45) is 0 Å². The van der Waals surface area contributed by atoms with Crippen LogP contribution in [0.15, 0.2) is 72.8 Å². The number of ether oxygens (including phenoxy) is 2. The summed E-state index contributed by atoms with van der Waals surface area (Å²) in [7, 11) is 1.60. The number of carbonyl (C=O) groups excluding carboxylic acids is 1. The summed E-state index contributed by atoms with van der Waals surface area (Å²) in [6.07, 6.45) is 0. The van der Waals surface area contributed by atoms with E-state index in [1.165, 1.54) is 0 Å². The fourth-order valence-corrected chi connectivity index (χ4v) is 4.32. The summed E-state index contributed by atoms with van der Waals surface area (Å²) < 4.78 is 12.6. The predicted molar refractivity (Wildman–Crippen MR) is 136 cm³/mol. The van der Waals surface area contributed by atoms with Crippen molar-refractivity contribution >= 4 is 11.9 Å². The van der Waals surface area contributed by atoms with Crippen LogP contribution in [0.3, 0.4) is 0 Å². The molecular formula is C29H27NO5. The van der Waals surface area contributed by atoms with Gasteiger partial charge in [0.1, 0.15) is 5.75 Å². The molecule has 4 aromatic rings. The standard InChI is InChI=1S/C29H27NO5/c1-5-35-29(33)25-19(3)30(24-9-7-6-8-23(24)28(31)32)27(21-12-10-18(2)11-13-21)26(25)20-14-16-22(34-4)17-15-20/h6-17H,5H2,1-4H3,(H,31,32). The van der Waals surface area contributed by atoms with E-state index in [9.17, 15) is 14.7 Å². The quantitative estimate of drug-likeness (QED) is 0.321. The molecule has 6 heteroatoms. The molecule has 0 aliphatic carbocycles. The normalized spacial score (nSPS) is 10.7. The first kappa shape index (κ1) is 23.8. The minimum atomic E-state index is -1.05. The first-order chi connectivity index (χ1) is 16.9. The molecule has 0 aliphatic heterocycles. The van der Waals surface area contributed by atoms with E-state index >= 15 is 0 Å². The van der Waals surface area contributed by atoms with Crippen LogP contribution in [0.4, 0.5) is 0 Å². The van der Waals surface area contributed by atoms with Gasteiger partial charge >= 0.3 is 11.9 Å². The number of para-hydroxylation sites is 1. The third-order valence-corrected chi connectivity index (χ3v) is 5.97. The second-order valence-electron chi connectivity index (χ2n) is 8.16. The number of aryl methyl sites for hydroxylation is 1. The van der Waals surface area contributed by atoms with Crippen LogP contribution in [-0.4, -0.2) is 35.3 Å². The molecule has 0 saturated carbocycles. The molecule has 0 atom stereocenters. The van der Waals surface area contributed by atoms with E-state index in [-0.39, 0.29) is 12.2 Å². The zero-order valence-electron chi connectivity index (χ0n) is 20.2. The molecule has 0 saturated heterocycles. The fraction of sp³-hybridized carbons (Fsp3) is 0.172. The van der Waals surface area contributed by atoms with Crippen molar-refractivity contribution in [2.75, 3.05) is 13.7 Å². The molecule has 0 radical (unpaired) electrons. The van der Waals surface area contributed by atoms with Gasteiger partial charge in [0, 0.05) is 11.3 Å². The maximum absolute atomic E-state index is 13.3. The summed E-state index contributed by atoms with van der Waals surface area (Å²) in [4.78, 5) is 25.5. The molecule has 6 nitrogen and oxygen atoms in total. The van der Waals surface area contributed by atoms with E-state index < -0.39 is 11.9 Å². The van der Waals surface area contributed by atoms with E-state index in [0.29, 0.717) is 34.0 Å². The predicted octanol–water partition coefficient (Wildman–Crippen LogP) is 6.31. The molecule has 35 heavy (non-hydrogen) atoms. The van der Waals surface area contributed by atoms with Crippen LogP contribution in [0.2, 0.25) is 0 Å². The van der Waals surface area contributed by atoms with E-state index in [0.717, 1.165) is 16.7 Å². The Balaban J connectivity index is 2.16. The van der Waals surface area contributed by atoms with Crippen LogP contribution in [-0.2, 0) is 4.74 Å². The average Bonchev–Trinajstić information content (AvgIpc) is 3.17. The van der Waals surface area contributed by atoms with Crippen molar-refractivity contribution < 1.29 is 24.2 Å². The van der Waals surface area contributed by atoms with Crippen molar-refractivity contribution in [1.29, 1.82) is 0 Å². The highest BCUT2D eigenvalue weighted by atomic mass is 16.5. The van der Waals surface area contributed by atoms with Gasteiger partial charge in [-0.05, 0) is 56.2 Å². The van der Waals surface area contributed by atoms with Crippen LogP contribution in [0.5, 0.6) is 5.75 Å². The third-order valence-electron chi connectivity index (χ3n) is 5.97. The highest BCUT2D eigenvalue weighted by Crippen LogP contribution is 2.42. The SMILES string of the molecule is CCOC(=O)c1c(-c2ccc(OC)cc2)c(-c2ccc(C)cc2)n(-c2ccccc2C(=O)O)c1C. The van der Waals surface area contributed by atoms with E-state index in [1.807, 2.05) is 66.9 Å². The van der Waals surface area contributed by atoms with Crippen molar-refractivity contribution in [1.82, 2.24) is 4.57 Å². The molecule has 178 valence electrons. The smallest absolute Gasteiger partial charge is 0.340 e. The van der Waals surface area contributed by atoms with Crippen LogP contribution >= 0.6 is 0 Å². The molecule has 4 rings (SSSR count). The molecule has 0 amide bonds. The number of methoxy groups -OCH3 is 1. The Kier molecular flexibility index (Phi) is 6.73. The number of carbonyl (C=O) groups is 2. The Bertz CT molecular complexity index is 1380. The number of rotatable bonds is 7. The number of hydrogen-bond donors (Lipinski definition) is 1. The number of aromatic nitrogens is 1. The summed E-state index contributed by atoms with van der Waals surface area (Å²) in [5.74, 6) is -0.821. The number of esters is 1. The molecule has 0 aliphatic rings. The van der Waals surface area contributed by atoms with Gasteiger partial charge in [-0.15, -0.1) is 0 Å². The van der Waals surface area contributed by atoms with Gasteiger partial charge in [-0.3, -0.25) is 0 Å². The highest BCUT2D eigenvalue weighted by molar-refractivity contribution is 6.05. The molecule has 0 spiro atoms. The van der Waals surface area contributed by atoms with Crippen molar-refractivity contribution in [3.05, 3.63) is 95.2 Å². The number of nitrogens with zero attached hydrogens (tertiary/aromatic N) is 1. The summed E-state index contributed by atoms with van der Waals surface area (Å²) in [5, 5.41) is 9.94. The van der Waals surface area contributed by atoms with E-state index in [2.05, 4.69) is 0 Å². The van der Waals surface area contributed by atoms with Gasteiger partial charge in [-0.25, -0.2) is 9.59 Å².